The van der Waals surface area contributed by atoms with E-state index in [0.29, 0.717) is 49.0 Å². The summed E-state index contributed by atoms with van der Waals surface area (Å²) in [6, 6.07) is 16.2. The van der Waals surface area contributed by atoms with Gasteiger partial charge in [0, 0.05) is 49.7 Å². The van der Waals surface area contributed by atoms with Gasteiger partial charge >= 0.3 is 5.97 Å². The molecule has 0 aliphatic carbocycles. The monoisotopic (exact) mass is 643 g/mol. The number of rotatable bonds is 11. The minimum atomic E-state index is -0.934. The molecule has 1 unspecified atom stereocenters. The van der Waals surface area contributed by atoms with E-state index in [1.165, 1.54) is 0 Å². The van der Waals surface area contributed by atoms with E-state index in [1.807, 2.05) is 30.3 Å². The number of pyridine rings is 1. The standard InChI is InChI=1S/C33H34ClN7O5/c34-31-23(5-1-6-25(31)38-32(45)26-10-9-20(18-36-26)17-35-12-15-42)21-4-2-8-28-22(21)11-14-40(28)33(46)27-16-29-24(37-19-30(43)44)7-3-13-41(29)39-27/h1-2,4-6,8-10,16,18,24,35,37,42H,3,7,11-15,17,19H2,(H,38,45)(H,43,44). The van der Waals surface area contributed by atoms with Gasteiger partial charge in [-0.1, -0.05) is 41.9 Å². The van der Waals surface area contributed by atoms with E-state index in [2.05, 4.69) is 26.0 Å². The number of aliphatic hydroxyl groups excluding tert-OH is 1. The van der Waals surface area contributed by atoms with Crippen molar-refractivity contribution in [3.8, 4) is 11.1 Å². The lowest BCUT2D eigenvalue weighted by Crippen LogP contribution is -2.31. The molecule has 2 aliphatic heterocycles. The molecular weight excluding hydrogens is 610 g/mol. The Morgan fingerprint density at radius 2 is 1.85 bits per heavy atom. The number of aliphatic carboxylic acids is 1. The van der Waals surface area contributed by atoms with Crippen LogP contribution in [0.2, 0.25) is 5.02 Å². The smallest absolute Gasteiger partial charge is 0.317 e. The highest BCUT2D eigenvalue weighted by atomic mass is 35.5. The fourth-order valence-corrected chi connectivity index (χ4v) is 6.31. The zero-order chi connectivity index (χ0) is 32.2. The van der Waals surface area contributed by atoms with Crippen molar-refractivity contribution in [2.45, 2.75) is 38.4 Å². The molecule has 0 bridgehead atoms. The molecule has 4 heterocycles. The number of amides is 2. The summed E-state index contributed by atoms with van der Waals surface area (Å²) < 4.78 is 1.80. The molecule has 0 saturated carbocycles. The van der Waals surface area contributed by atoms with Crippen LogP contribution >= 0.6 is 11.6 Å². The summed E-state index contributed by atoms with van der Waals surface area (Å²) in [4.78, 5) is 43.9. The molecule has 0 spiro atoms. The number of nitrogens with zero attached hydrogens (tertiary/aromatic N) is 4. The van der Waals surface area contributed by atoms with Crippen LogP contribution in [0.5, 0.6) is 0 Å². The van der Waals surface area contributed by atoms with Crippen LogP contribution in [-0.2, 0) is 24.3 Å². The van der Waals surface area contributed by atoms with E-state index in [4.69, 9.17) is 21.8 Å². The van der Waals surface area contributed by atoms with Gasteiger partial charge in [-0.3, -0.25) is 29.4 Å². The van der Waals surface area contributed by atoms with Crippen LogP contribution in [0, 0.1) is 0 Å². The third-order valence-electron chi connectivity index (χ3n) is 8.23. The number of aromatic nitrogens is 3. The first-order valence-electron chi connectivity index (χ1n) is 15.2. The van der Waals surface area contributed by atoms with E-state index >= 15 is 0 Å². The topological polar surface area (TPSA) is 162 Å². The fourth-order valence-electron chi connectivity index (χ4n) is 6.04. The van der Waals surface area contributed by atoms with Crippen molar-refractivity contribution in [2.24, 2.45) is 0 Å². The zero-order valence-corrected chi connectivity index (χ0v) is 25.8. The summed E-state index contributed by atoms with van der Waals surface area (Å²) in [7, 11) is 0. The summed E-state index contributed by atoms with van der Waals surface area (Å²) in [5.74, 6) is -1.55. The number of hydrogen-bond donors (Lipinski definition) is 5. The van der Waals surface area contributed by atoms with Crippen LogP contribution in [0.1, 0.15) is 56.7 Å². The number of halogens is 1. The second kappa shape index (κ2) is 13.8. The molecule has 2 amide bonds. The fraction of sp³-hybridized carbons (Fsp3) is 0.303. The van der Waals surface area contributed by atoms with Gasteiger partial charge < -0.3 is 25.7 Å². The largest absolute Gasteiger partial charge is 0.480 e. The number of carboxylic acids is 1. The lowest BCUT2D eigenvalue weighted by Gasteiger charge is -2.23. The van der Waals surface area contributed by atoms with Crippen LogP contribution in [0.4, 0.5) is 11.4 Å². The molecule has 4 aromatic rings. The van der Waals surface area contributed by atoms with E-state index in [-0.39, 0.29) is 30.8 Å². The van der Waals surface area contributed by atoms with E-state index in [9.17, 15) is 14.4 Å². The molecule has 2 aliphatic rings. The third-order valence-corrected chi connectivity index (χ3v) is 8.64. The number of fused-ring (bicyclic) bond motifs is 2. The maximum atomic E-state index is 13.8. The Kier molecular flexibility index (Phi) is 9.41. The number of hydrogen-bond acceptors (Lipinski definition) is 8. The highest BCUT2D eigenvalue weighted by molar-refractivity contribution is 6.36. The Hall–Kier alpha value is -4.62. The number of carbonyl (C=O) groups excluding carboxylic acids is 2. The van der Waals surface area contributed by atoms with Crippen LogP contribution in [-0.4, -0.2) is 69.0 Å². The maximum absolute atomic E-state index is 13.8. The number of benzene rings is 2. The first-order valence-corrected chi connectivity index (χ1v) is 15.5. The summed E-state index contributed by atoms with van der Waals surface area (Å²) in [5, 5.41) is 32.0. The minimum Gasteiger partial charge on any atom is -0.480 e. The Labute approximate surface area is 270 Å². The number of nitrogens with one attached hydrogen (secondary N) is 3. The average molecular weight is 644 g/mol. The van der Waals surface area contributed by atoms with Crippen LogP contribution in [0.25, 0.3) is 11.1 Å². The zero-order valence-electron chi connectivity index (χ0n) is 25.0. The highest BCUT2D eigenvalue weighted by Gasteiger charge is 2.32. The predicted molar refractivity (Wildman–Crippen MR) is 173 cm³/mol. The summed E-state index contributed by atoms with van der Waals surface area (Å²) >= 11 is 6.88. The molecule has 6 rings (SSSR count). The lowest BCUT2D eigenvalue weighted by atomic mass is 9.97. The van der Waals surface area contributed by atoms with Gasteiger partial charge in [-0.2, -0.15) is 5.10 Å². The van der Waals surface area contributed by atoms with Gasteiger partial charge in [-0.05, 0) is 60.2 Å². The minimum absolute atomic E-state index is 0.0418. The van der Waals surface area contributed by atoms with Crippen LogP contribution in [0.15, 0.2) is 60.8 Å². The molecule has 12 nitrogen and oxygen atoms in total. The van der Waals surface area contributed by atoms with Gasteiger partial charge in [0.2, 0.25) is 0 Å². The number of aliphatic hydroxyl groups is 1. The molecule has 46 heavy (non-hydrogen) atoms. The molecule has 0 fully saturated rings. The maximum Gasteiger partial charge on any atom is 0.317 e. The van der Waals surface area contributed by atoms with E-state index in [1.54, 1.807) is 40.0 Å². The quantitative estimate of drug-likeness (QED) is 0.154. The molecule has 238 valence electrons. The van der Waals surface area contributed by atoms with E-state index < -0.39 is 11.9 Å². The van der Waals surface area contributed by atoms with Crippen molar-refractivity contribution in [3.05, 3.63) is 94.0 Å². The SMILES string of the molecule is O=C(O)CNC1CCCn2nc(C(=O)N3CCc4c(-c5cccc(NC(=O)c6ccc(CNCCO)cn6)c5Cl)cccc43)cc21. The first-order chi connectivity index (χ1) is 22.3. The van der Waals surface area contributed by atoms with Gasteiger partial charge in [-0.15, -0.1) is 0 Å². The van der Waals surface area contributed by atoms with Gasteiger partial charge in [0.25, 0.3) is 11.8 Å². The average Bonchev–Trinajstić information content (AvgIpc) is 3.70. The van der Waals surface area contributed by atoms with Crippen molar-refractivity contribution in [2.75, 3.05) is 36.5 Å². The Morgan fingerprint density at radius 3 is 2.63 bits per heavy atom. The molecule has 1 atom stereocenters. The van der Waals surface area contributed by atoms with Crippen LogP contribution < -0.4 is 20.9 Å². The predicted octanol–water partition coefficient (Wildman–Crippen LogP) is 3.64. The summed E-state index contributed by atoms with van der Waals surface area (Å²) in [6.45, 7) is 2.02. The molecular formula is C33H34ClN7O5. The van der Waals surface area contributed by atoms with Crippen LogP contribution in [0.3, 0.4) is 0 Å². The molecule has 5 N–H and O–H groups in total. The molecule has 2 aromatic carbocycles. The third kappa shape index (κ3) is 6.51. The second-order valence-electron chi connectivity index (χ2n) is 11.2. The van der Waals surface area contributed by atoms with Crippen molar-refractivity contribution >= 4 is 40.8 Å². The van der Waals surface area contributed by atoms with Crippen molar-refractivity contribution in [1.29, 1.82) is 0 Å². The molecule has 0 radical (unpaired) electrons. The number of carbonyl (C=O) groups is 3. The van der Waals surface area contributed by atoms with Gasteiger partial charge in [0.1, 0.15) is 5.69 Å². The Balaban J connectivity index is 1.20. The molecule has 2 aromatic heterocycles. The molecule has 0 saturated heterocycles. The number of carboxylic acid groups (broad SMARTS) is 1. The Morgan fingerprint density at radius 1 is 1.02 bits per heavy atom. The van der Waals surface area contributed by atoms with Gasteiger partial charge in [0.15, 0.2) is 5.69 Å². The normalized spacial score (nSPS) is 15.3. The van der Waals surface area contributed by atoms with Crippen molar-refractivity contribution in [3.63, 3.8) is 0 Å². The second-order valence-corrected chi connectivity index (χ2v) is 11.6. The van der Waals surface area contributed by atoms with E-state index in [0.717, 1.165) is 46.5 Å². The lowest BCUT2D eigenvalue weighted by molar-refractivity contribution is -0.136. The first kappa shape index (κ1) is 31.4. The van der Waals surface area contributed by atoms with Gasteiger partial charge in [0.05, 0.1) is 29.6 Å². The number of anilines is 2. The Bertz CT molecular complexity index is 1770. The summed E-state index contributed by atoms with van der Waals surface area (Å²) in [5.41, 5.74) is 6.06. The number of aryl methyl sites for hydroxylation is 1. The molecule has 13 heteroatoms. The highest BCUT2D eigenvalue weighted by Crippen LogP contribution is 2.41. The van der Waals surface area contributed by atoms with Crippen molar-refractivity contribution < 1.29 is 24.6 Å². The van der Waals surface area contributed by atoms with Gasteiger partial charge in [-0.25, -0.2) is 0 Å². The van der Waals surface area contributed by atoms with Crippen molar-refractivity contribution in [1.82, 2.24) is 25.4 Å². The summed E-state index contributed by atoms with van der Waals surface area (Å²) in [6.07, 6.45) is 3.84.